The summed E-state index contributed by atoms with van der Waals surface area (Å²) in [6, 6.07) is 1.93. The summed E-state index contributed by atoms with van der Waals surface area (Å²) in [5.41, 5.74) is 6.27. The fraction of sp³-hybridized carbons (Fsp3) is 0.500. The molecule has 82 valence electrons. The fourth-order valence-corrected chi connectivity index (χ4v) is 1.30. The largest absolute Gasteiger partial charge is 0.388 e. The Balaban J connectivity index is 2.69. The molecule has 0 saturated heterocycles. The molecule has 0 spiro atoms. The lowest BCUT2D eigenvalue weighted by Gasteiger charge is -2.21. The molecule has 1 aromatic heterocycles. The van der Waals surface area contributed by atoms with E-state index in [1.54, 1.807) is 6.33 Å². The molecule has 0 aliphatic carbocycles. The molecule has 0 radical (unpaired) electrons. The second kappa shape index (κ2) is 5.29. The van der Waals surface area contributed by atoms with Crippen LogP contribution in [-0.4, -0.2) is 28.9 Å². The number of nitrogens with zero attached hydrogens (tertiary/aromatic N) is 3. The molecule has 5 nitrogen and oxygen atoms in total. The maximum Gasteiger partial charge on any atom is 0.132 e. The van der Waals surface area contributed by atoms with Crippen molar-refractivity contribution in [2.75, 3.05) is 18.0 Å². The van der Waals surface area contributed by atoms with Crippen molar-refractivity contribution in [2.24, 2.45) is 5.73 Å². The minimum Gasteiger partial charge on any atom is -0.388 e. The molecular weight excluding hydrogens is 190 g/mol. The minimum absolute atomic E-state index is 0.208. The Hall–Kier alpha value is -1.65. The quantitative estimate of drug-likeness (QED) is 0.556. The second-order valence-corrected chi connectivity index (χ2v) is 3.37. The van der Waals surface area contributed by atoms with Crippen LogP contribution in [0.4, 0.5) is 5.82 Å². The van der Waals surface area contributed by atoms with Crippen LogP contribution in [0.5, 0.6) is 0 Å². The van der Waals surface area contributed by atoms with Gasteiger partial charge >= 0.3 is 0 Å². The van der Waals surface area contributed by atoms with Crippen molar-refractivity contribution in [3.63, 3.8) is 0 Å². The molecule has 1 heterocycles. The van der Waals surface area contributed by atoms with Gasteiger partial charge in [-0.05, 0) is 13.8 Å². The van der Waals surface area contributed by atoms with Crippen LogP contribution < -0.4 is 10.6 Å². The lowest BCUT2D eigenvalue weighted by atomic mass is 10.3. The first kappa shape index (κ1) is 11.4. The monoisotopic (exact) mass is 207 g/mol. The predicted octanol–water partition coefficient (Wildman–Crippen LogP) is 0.937. The summed E-state index contributed by atoms with van der Waals surface area (Å²) in [7, 11) is 0. The van der Waals surface area contributed by atoms with Gasteiger partial charge in [0.1, 0.15) is 12.1 Å². The number of amidine groups is 1. The Kier molecular flexibility index (Phi) is 4.03. The lowest BCUT2D eigenvalue weighted by Crippen LogP contribution is -2.28. The Labute approximate surface area is 89.8 Å². The molecule has 0 saturated carbocycles. The Bertz CT molecular complexity index is 336. The van der Waals surface area contributed by atoms with Crippen LogP contribution in [0.15, 0.2) is 12.4 Å². The average molecular weight is 207 g/mol. The van der Waals surface area contributed by atoms with E-state index in [0.29, 0.717) is 6.42 Å². The van der Waals surface area contributed by atoms with Crippen LogP contribution in [0.2, 0.25) is 0 Å². The molecule has 15 heavy (non-hydrogen) atoms. The summed E-state index contributed by atoms with van der Waals surface area (Å²) in [5, 5.41) is 7.19. The van der Waals surface area contributed by atoms with E-state index in [2.05, 4.69) is 21.8 Å². The molecule has 0 aliphatic rings. The van der Waals surface area contributed by atoms with Gasteiger partial charge < -0.3 is 10.6 Å². The molecule has 0 bridgehead atoms. The zero-order valence-electron chi connectivity index (χ0n) is 9.20. The van der Waals surface area contributed by atoms with Crippen molar-refractivity contribution in [3.8, 4) is 0 Å². The smallest absolute Gasteiger partial charge is 0.132 e. The molecule has 0 fully saturated rings. The Morgan fingerprint density at radius 1 is 1.53 bits per heavy atom. The number of nitrogens with one attached hydrogen (secondary N) is 1. The normalized spacial score (nSPS) is 10.0. The van der Waals surface area contributed by atoms with Crippen LogP contribution >= 0.6 is 0 Å². The van der Waals surface area contributed by atoms with Gasteiger partial charge in [-0.15, -0.1) is 0 Å². The van der Waals surface area contributed by atoms with E-state index in [-0.39, 0.29) is 5.84 Å². The highest BCUT2D eigenvalue weighted by molar-refractivity contribution is 5.77. The van der Waals surface area contributed by atoms with E-state index in [0.717, 1.165) is 24.6 Å². The van der Waals surface area contributed by atoms with Crippen LogP contribution in [-0.2, 0) is 0 Å². The molecule has 1 rings (SSSR count). The van der Waals surface area contributed by atoms with Crippen LogP contribution in [0.1, 0.15) is 19.0 Å². The molecule has 0 aromatic carbocycles. The van der Waals surface area contributed by atoms with Gasteiger partial charge in [0.25, 0.3) is 0 Å². The number of hydrogen-bond acceptors (Lipinski definition) is 4. The number of aromatic nitrogens is 2. The molecule has 0 unspecified atom stereocenters. The third-order valence-corrected chi connectivity index (χ3v) is 2.15. The number of anilines is 1. The first-order valence-corrected chi connectivity index (χ1v) is 5.00. The zero-order valence-corrected chi connectivity index (χ0v) is 9.20. The third-order valence-electron chi connectivity index (χ3n) is 2.15. The molecule has 3 N–H and O–H groups in total. The predicted molar refractivity (Wildman–Crippen MR) is 61.2 cm³/mol. The van der Waals surface area contributed by atoms with Crippen LogP contribution in [0, 0.1) is 12.3 Å². The number of rotatable bonds is 5. The zero-order chi connectivity index (χ0) is 11.3. The third kappa shape index (κ3) is 3.53. The highest BCUT2D eigenvalue weighted by Gasteiger charge is 2.06. The molecule has 1 aromatic rings. The van der Waals surface area contributed by atoms with Crippen molar-refractivity contribution in [1.82, 2.24) is 9.97 Å². The number of hydrogen-bond donors (Lipinski definition) is 2. The van der Waals surface area contributed by atoms with Crippen molar-refractivity contribution in [2.45, 2.75) is 20.3 Å². The highest BCUT2D eigenvalue weighted by atomic mass is 15.2. The van der Waals surface area contributed by atoms with E-state index < -0.39 is 0 Å². The average Bonchev–Trinajstić information content (AvgIpc) is 2.18. The highest BCUT2D eigenvalue weighted by Crippen LogP contribution is 2.10. The van der Waals surface area contributed by atoms with E-state index in [1.165, 1.54) is 0 Å². The molecule has 0 aliphatic heterocycles. The lowest BCUT2D eigenvalue weighted by molar-refractivity contribution is 0.809. The van der Waals surface area contributed by atoms with Crippen molar-refractivity contribution in [1.29, 1.82) is 5.41 Å². The van der Waals surface area contributed by atoms with E-state index in [9.17, 15) is 0 Å². The Morgan fingerprint density at radius 2 is 2.27 bits per heavy atom. The first-order valence-electron chi connectivity index (χ1n) is 5.00. The van der Waals surface area contributed by atoms with Gasteiger partial charge in [0, 0.05) is 31.3 Å². The maximum absolute atomic E-state index is 7.19. The van der Waals surface area contributed by atoms with Crippen LogP contribution in [0.25, 0.3) is 0 Å². The Morgan fingerprint density at radius 3 is 2.80 bits per heavy atom. The number of nitrogens with two attached hydrogens (primary N) is 1. The summed E-state index contributed by atoms with van der Waals surface area (Å²) in [4.78, 5) is 10.3. The van der Waals surface area contributed by atoms with Gasteiger partial charge in [0.2, 0.25) is 0 Å². The van der Waals surface area contributed by atoms with Crippen LogP contribution in [0.3, 0.4) is 0 Å². The molecule has 0 atom stereocenters. The summed E-state index contributed by atoms with van der Waals surface area (Å²) < 4.78 is 0. The van der Waals surface area contributed by atoms with Crippen molar-refractivity contribution in [3.05, 3.63) is 18.1 Å². The van der Waals surface area contributed by atoms with Gasteiger partial charge in [-0.1, -0.05) is 0 Å². The van der Waals surface area contributed by atoms with Gasteiger partial charge in [-0.25, -0.2) is 9.97 Å². The topological polar surface area (TPSA) is 78.9 Å². The summed E-state index contributed by atoms with van der Waals surface area (Å²) in [6.45, 7) is 5.56. The minimum atomic E-state index is 0.208. The van der Waals surface area contributed by atoms with Gasteiger partial charge in [-0.3, -0.25) is 5.41 Å². The maximum atomic E-state index is 7.19. The molecule has 0 amide bonds. The SMILES string of the molecule is CCN(CCC(=N)N)c1cc(C)ncn1. The van der Waals surface area contributed by atoms with E-state index >= 15 is 0 Å². The van der Waals surface area contributed by atoms with Crippen molar-refractivity contribution >= 4 is 11.7 Å². The van der Waals surface area contributed by atoms with Gasteiger partial charge in [0.15, 0.2) is 0 Å². The summed E-state index contributed by atoms with van der Waals surface area (Å²) in [5.74, 6) is 1.10. The van der Waals surface area contributed by atoms with E-state index in [1.807, 2.05) is 13.0 Å². The summed E-state index contributed by atoms with van der Waals surface area (Å²) in [6.07, 6.45) is 2.12. The summed E-state index contributed by atoms with van der Waals surface area (Å²) >= 11 is 0. The van der Waals surface area contributed by atoms with Gasteiger partial charge in [0.05, 0.1) is 5.84 Å². The second-order valence-electron chi connectivity index (χ2n) is 3.37. The number of aryl methyl sites for hydroxylation is 1. The standard InChI is InChI=1S/C10H17N5/c1-3-15(5-4-9(11)12)10-6-8(2)13-7-14-10/h6-7H,3-5H2,1-2H3,(H3,11,12). The van der Waals surface area contributed by atoms with Gasteiger partial charge in [-0.2, -0.15) is 0 Å². The van der Waals surface area contributed by atoms with E-state index in [4.69, 9.17) is 11.1 Å². The molecular formula is C10H17N5. The fourth-order valence-electron chi connectivity index (χ4n) is 1.30. The molecule has 5 heteroatoms. The van der Waals surface area contributed by atoms with Crippen molar-refractivity contribution < 1.29 is 0 Å². The first-order chi connectivity index (χ1) is 7.13.